The zero-order valence-electron chi connectivity index (χ0n) is 8.31. The van der Waals surface area contributed by atoms with Gasteiger partial charge in [0, 0.05) is 0 Å². The van der Waals surface area contributed by atoms with E-state index in [-0.39, 0.29) is 50.4 Å². The summed E-state index contributed by atoms with van der Waals surface area (Å²) in [7, 11) is -0.378. The van der Waals surface area contributed by atoms with E-state index in [0.29, 0.717) is 0 Å². The molecule has 0 aliphatic heterocycles. The SMILES string of the molecule is CCC[I-]OB(O[I-]CCC)C(Cl)Cl. The minimum atomic E-state index is -0.553. The van der Waals surface area contributed by atoms with E-state index in [4.69, 9.17) is 29.2 Å². The van der Waals surface area contributed by atoms with Crippen LogP contribution >= 0.6 is 23.2 Å². The Balaban J connectivity index is 3.55. The summed E-state index contributed by atoms with van der Waals surface area (Å²) < 4.78 is 12.8. The van der Waals surface area contributed by atoms with Crippen molar-refractivity contribution >= 4 is 30.3 Å². The molecule has 0 saturated carbocycles. The van der Waals surface area contributed by atoms with Gasteiger partial charge in [0.1, 0.15) is 0 Å². The molecular formula is C7H15BCl2I2O2-2. The third-order valence-electron chi connectivity index (χ3n) is 1.04. The number of rotatable bonds is 9. The maximum atomic E-state index is 5.75. The summed E-state index contributed by atoms with van der Waals surface area (Å²) in [6.07, 6.45) is 2.30. The molecule has 2 nitrogen and oxygen atoms in total. The molecular weight excluding hydrogens is 452 g/mol. The van der Waals surface area contributed by atoms with E-state index in [9.17, 15) is 0 Å². The molecule has 0 saturated heterocycles. The number of halogens is 4. The minimum absolute atomic E-state index is 0.248. The first-order valence-corrected chi connectivity index (χ1v) is 10.2. The van der Waals surface area contributed by atoms with E-state index in [1.165, 1.54) is 0 Å². The van der Waals surface area contributed by atoms with Crippen molar-refractivity contribution in [2.24, 2.45) is 0 Å². The summed E-state index contributed by atoms with van der Waals surface area (Å²) in [5.41, 5.74) is 0. The van der Waals surface area contributed by atoms with Crippen molar-refractivity contribution < 1.29 is 49.2 Å². The summed E-state index contributed by atoms with van der Waals surface area (Å²) in [5, 5.41) is 0. The molecule has 0 aliphatic carbocycles. The molecule has 0 N–H and O–H groups in total. The maximum absolute atomic E-state index is 5.75. The van der Waals surface area contributed by atoms with Gasteiger partial charge in [-0.3, -0.25) is 0 Å². The van der Waals surface area contributed by atoms with Gasteiger partial charge in [-0.25, -0.2) is 0 Å². The summed E-state index contributed by atoms with van der Waals surface area (Å²) >= 11 is 11.0. The monoisotopic (exact) mass is 466 g/mol. The Morgan fingerprint density at radius 3 is 1.79 bits per heavy atom. The van der Waals surface area contributed by atoms with Crippen LogP contribution < -0.4 is 43.2 Å². The Morgan fingerprint density at radius 1 is 1.07 bits per heavy atom. The Hall–Kier alpha value is 2.02. The third-order valence-corrected chi connectivity index (χ3v) is 6.21. The Kier molecular flexibility index (Phi) is 13.2. The van der Waals surface area contributed by atoms with Crippen molar-refractivity contribution in [1.29, 1.82) is 0 Å². The first-order valence-electron chi connectivity index (χ1n) is 4.50. The predicted octanol–water partition coefficient (Wildman–Crippen LogP) is -3.32. The summed E-state index contributed by atoms with van der Waals surface area (Å²) in [6.45, 7) is 4.28. The topological polar surface area (TPSA) is 18.5 Å². The van der Waals surface area contributed by atoms with Crippen molar-refractivity contribution in [2.45, 2.75) is 31.4 Å². The van der Waals surface area contributed by atoms with Crippen molar-refractivity contribution in [1.82, 2.24) is 0 Å². The van der Waals surface area contributed by atoms with Gasteiger partial charge in [-0.15, -0.1) is 0 Å². The van der Waals surface area contributed by atoms with Gasteiger partial charge in [0.05, 0.1) is 0 Å². The second-order valence-electron chi connectivity index (χ2n) is 2.48. The van der Waals surface area contributed by atoms with E-state index in [1.807, 2.05) is 0 Å². The molecule has 0 unspecified atom stereocenters. The van der Waals surface area contributed by atoms with Crippen molar-refractivity contribution in [3.05, 3.63) is 0 Å². The van der Waals surface area contributed by atoms with Gasteiger partial charge in [-0.2, -0.15) is 0 Å². The molecule has 0 aromatic rings. The molecule has 0 aromatic carbocycles. The quantitative estimate of drug-likeness (QED) is 0.153. The number of hydrogen-bond acceptors (Lipinski definition) is 2. The zero-order chi connectivity index (χ0) is 10.8. The normalized spacial score (nSPS) is 11.5. The molecule has 88 valence electrons. The molecule has 0 rings (SSSR count). The van der Waals surface area contributed by atoms with Crippen molar-refractivity contribution in [3.63, 3.8) is 0 Å². The summed E-state index contributed by atoms with van der Waals surface area (Å²) in [5.74, 6) is 0. The Morgan fingerprint density at radius 2 is 1.50 bits per heavy atom. The molecule has 0 spiro atoms. The average molecular weight is 467 g/mol. The fraction of sp³-hybridized carbons (Fsp3) is 1.00. The second kappa shape index (κ2) is 11.5. The van der Waals surface area contributed by atoms with E-state index < -0.39 is 4.74 Å². The Bertz CT molecular complexity index is 122. The van der Waals surface area contributed by atoms with E-state index in [0.717, 1.165) is 21.7 Å². The van der Waals surface area contributed by atoms with Gasteiger partial charge in [-0.05, 0) is 0 Å². The number of hydrogen-bond donors (Lipinski definition) is 0. The van der Waals surface area contributed by atoms with Crippen LogP contribution in [0.5, 0.6) is 0 Å². The fourth-order valence-electron chi connectivity index (χ4n) is 0.459. The Labute approximate surface area is 119 Å². The van der Waals surface area contributed by atoms with Gasteiger partial charge in [0.25, 0.3) is 0 Å². The van der Waals surface area contributed by atoms with Crippen molar-refractivity contribution in [3.8, 4) is 0 Å². The molecule has 0 amide bonds. The molecule has 0 fully saturated rings. The molecule has 14 heavy (non-hydrogen) atoms. The van der Waals surface area contributed by atoms with Crippen LogP contribution in [0.15, 0.2) is 0 Å². The first-order chi connectivity index (χ1) is 6.72. The van der Waals surface area contributed by atoms with Gasteiger partial charge >= 0.3 is 120 Å². The molecule has 0 radical (unpaired) electrons. The van der Waals surface area contributed by atoms with Gasteiger partial charge in [-0.1, -0.05) is 0 Å². The van der Waals surface area contributed by atoms with Gasteiger partial charge in [0.2, 0.25) is 0 Å². The van der Waals surface area contributed by atoms with Crippen LogP contribution in [0.25, 0.3) is 0 Å². The predicted molar refractivity (Wildman–Crippen MR) is 53.7 cm³/mol. The number of alkyl halides is 4. The van der Waals surface area contributed by atoms with Crippen LogP contribution in [0.3, 0.4) is 0 Å². The van der Waals surface area contributed by atoms with Crippen LogP contribution in [-0.4, -0.2) is 20.7 Å². The average Bonchev–Trinajstić information content (AvgIpc) is 2.15. The standard InChI is InChI=1S/C7H15BCl2I2O2/c1-3-5-11-13-8(7(9)10)14-12-6-4-2/h7H,3-6H2,1-2H3/q-2. The van der Waals surface area contributed by atoms with Crippen LogP contribution in [0.1, 0.15) is 26.7 Å². The zero-order valence-corrected chi connectivity index (χ0v) is 14.1. The molecule has 0 bridgehead atoms. The van der Waals surface area contributed by atoms with E-state index in [1.54, 1.807) is 0 Å². The van der Waals surface area contributed by atoms with E-state index >= 15 is 0 Å². The molecule has 0 atom stereocenters. The van der Waals surface area contributed by atoms with Gasteiger partial charge < -0.3 is 0 Å². The van der Waals surface area contributed by atoms with Gasteiger partial charge in [0.15, 0.2) is 0 Å². The van der Waals surface area contributed by atoms with Crippen LogP contribution in [0.4, 0.5) is 0 Å². The molecule has 0 aliphatic rings. The van der Waals surface area contributed by atoms with E-state index in [2.05, 4.69) is 13.8 Å². The van der Waals surface area contributed by atoms with Crippen LogP contribution in [0.2, 0.25) is 0 Å². The summed E-state index contributed by atoms with van der Waals surface area (Å²) in [4.78, 5) is 0. The second-order valence-corrected chi connectivity index (χ2v) is 8.06. The molecule has 7 heteroatoms. The fourth-order valence-corrected chi connectivity index (χ4v) is 4.65. The van der Waals surface area contributed by atoms with Crippen LogP contribution in [0, 0.1) is 0 Å². The molecule has 0 heterocycles. The van der Waals surface area contributed by atoms with Crippen molar-refractivity contribution in [2.75, 3.05) is 8.86 Å². The molecule has 0 aromatic heterocycles. The summed E-state index contributed by atoms with van der Waals surface area (Å²) in [6, 6.07) is 0. The third kappa shape index (κ3) is 9.27. The van der Waals surface area contributed by atoms with Crippen LogP contribution in [-0.2, 0) is 5.97 Å². The first kappa shape index (κ1) is 16.0.